The zero-order valence-electron chi connectivity index (χ0n) is 26.9. The molecule has 11 nitrogen and oxygen atoms in total. The van der Waals surface area contributed by atoms with Crippen molar-refractivity contribution in [3.63, 3.8) is 0 Å². The minimum Gasteiger partial charge on any atom is -0.493 e. The van der Waals surface area contributed by atoms with Crippen LogP contribution in [0.15, 0.2) is 24.4 Å². The molecule has 3 aromatic rings. The van der Waals surface area contributed by atoms with E-state index < -0.39 is 13.7 Å². The monoisotopic (exact) mass is 597 g/mol. The molecule has 0 N–H and O–H groups in total. The van der Waals surface area contributed by atoms with Gasteiger partial charge in [0.2, 0.25) is 5.95 Å². The van der Waals surface area contributed by atoms with Gasteiger partial charge in [-0.1, -0.05) is 19.6 Å². The number of methoxy groups -OCH3 is 1. The van der Waals surface area contributed by atoms with Gasteiger partial charge in [-0.05, 0) is 59.2 Å². The van der Waals surface area contributed by atoms with Gasteiger partial charge in [-0.15, -0.1) is 0 Å². The molecule has 1 aliphatic heterocycles. The number of carbonyl (C=O) groups is 1. The van der Waals surface area contributed by atoms with Crippen molar-refractivity contribution in [1.29, 1.82) is 0 Å². The smallest absolute Gasteiger partial charge is 0.410 e. The van der Waals surface area contributed by atoms with Gasteiger partial charge in [0.15, 0.2) is 5.75 Å². The first kappa shape index (κ1) is 31.6. The van der Waals surface area contributed by atoms with Crippen LogP contribution in [-0.2, 0) is 16.2 Å². The lowest BCUT2D eigenvalue weighted by molar-refractivity contribution is 0.0238. The Labute approximate surface area is 250 Å². The molecule has 3 aromatic heterocycles. The maximum atomic E-state index is 12.8. The van der Waals surface area contributed by atoms with E-state index in [0.717, 1.165) is 41.9 Å². The van der Waals surface area contributed by atoms with Crippen LogP contribution in [0.4, 0.5) is 10.6 Å². The molecule has 1 atom stereocenters. The first-order chi connectivity index (χ1) is 19.7. The number of carbonyl (C=O) groups excluding carboxylic acids is 1. The number of aromatic nitrogens is 5. The molecule has 1 fully saturated rings. The lowest BCUT2D eigenvalue weighted by Crippen LogP contribution is -2.42. The highest BCUT2D eigenvalue weighted by molar-refractivity contribution is 6.76. The van der Waals surface area contributed by atoms with Gasteiger partial charge in [0, 0.05) is 52.3 Å². The van der Waals surface area contributed by atoms with Crippen LogP contribution in [0, 0.1) is 13.8 Å². The van der Waals surface area contributed by atoms with Gasteiger partial charge >= 0.3 is 6.09 Å². The quantitative estimate of drug-likeness (QED) is 0.223. The van der Waals surface area contributed by atoms with Crippen molar-refractivity contribution in [2.75, 3.05) is 38.8 Å². The van der Waals surface area contributed by atoms with Crippen molar-refractivity contribution in [3.8, 4) is 23.1 Å². The maximum absolute atomic E-state index is 12.8. The number of hydrogen-bond donors (Lipinski definition) is 0. The molecule has 4 rings (SSSR count). The minimum atomic E-state index is -1.22. The van der Waals surface area contributed by atoms with E-state index in [1.165, 1.54) is 0 Å². The summed E-state index contributed by atoms with van der Waals surface area (Å²) in [5.74, 6) is 1.96. The largest absolute Gasteiger partial charge is 0.493 e. The van der Waals surface area contributed by atoms with Crippen LogP contribution < -0.4 is 9.64 Å². The van der Waals surface area contributed by atoms with Gasteiger partial charge < -0.3 is 24.0 Å². The van der Waals surface area contributed by atoms with Gasteiger partial charge in [-0.25, -0.2) is 14.5 Å². The van der Waals surface area contributed by atoms with E-state index in [0.29, 0.717) is 37.3 Å². The van der Waals surface area contributed by atoms with E-state index in [1.54, 1.807) is 29.9 Å². The molecule has 42 heavy (non-hydrogen) atoms. The molecule has 0 aliphatic carbocycles. The summed E-state index contributed by atoms with van der Waals surface area (Å²) in [6.45, 7) is 19.1. The van der Waals surface area contributed by atoms with E-state index >= 15 is 0 Å². The van der Waals surface area contributed by atoms with Crippen LogP contribution in [0.25, 0.3) is 17.3 Å². The maximum Gasteiger partial charge on any atom is 0.410 e. The molecule has 1 aliphatic rings. The molecule has 1 saturated heterocycles. The lowest BCUT2D eigenvalue weighted by atomic mass is 10.2. The highest BCUT2D eigenvalue weighted by atomic mass is 28.3. The zero-order valence-corrected chi connectivity index (χ0v) is 27.9. The second-order valence-corrected chi connectivity index (χ2v) is 18.9. The van der Waals surface area contributed by atoms with Crippen LogP contribution in [0.2, 0.25) is 25.7 Å². The average molecular weight is 598 g/mol. The number of rotatable bonds is 10. The molecular weight excluding hydrogens is 550 g/mol. The van der Waals surface area contributed by atoms with E-state index in [-0.39, 0.29) is 12.1 Å². The van der Waals surface area contributed by atoms with Gasteiger partial charge in [0.25, 0.3) is 0 Å². The third-order valence-electron chi connectivity index (χ3n) is 7.37. The Morgan fingerprint density at radius 2 is 1.83 bits per heavy atom. The summed E-state index contributed by atoms with van der Waals surface area (Å²) in [6.07, 6.45) is 2.18. The summed E-state index contributed by atoms with van der Waals surface area (Å²) in [6, 6.07) is 7.17. The van der Waals surface area contributed by atoms with Crippen molar-refractivity contribution >= 4 is 20.0 Å². The van der Waals surface area contributed by atoms with Crippen molar-refractivity contribution in [2.45, 2.75) is 85.1 Å². The molecule has 0 saturated carbocycles. The SMILES string of the molecule is COc1cnn(COCC[Si](C)(C)C)c1-c1cc(N2CC[C@@H](N(C)C(=O)OC(C)(C)C)C2)nc(-n2c(C)ccc2C)n1. The lowest BCUT2D eigenvalue weighted by Gasteiger charge is -2.28. The number of amides is 1. The number of likely N-dealkylation sites (N-methyl/N-ethyl adjacent to an activating group) is 1. The van der Waals surface area contributed by atoms with Crippen LogP contribution in [0.5, 0.6) is 5.75 Å². The van der Waals surface area contributed by atoms with Gasteiger partial charge in [-0.3, -0.25) is 4.57 Å². The van der Waals surface area contributed by atoms with Crippen molar-refractivity contribution in [1.82, 2.24) is 29.2 Å². The first-order valence-electron chi connectivity index (χ1n) is 14.6. The van der Waals surface area contributed by atoms with Crippen molar-refractivity contribution in [2.24, 2.45) is 0 Å². The number of nitrogens with zero attached hydrogens (tertiary/aromatic N) is 7. The Morgan fingerprint density at radius 1 is 1.14 bits per heavy atom. The fraction of sp³-hybridized carbons (Fsp3) is 0.600. The second-order valence-electron chi connectivity index (χ2n) is 13.3. The number of ether oxygens (including phenoxy) is 3. The van der Waals surface area contributed by atoms with E-state index in [4.69, 9.17) is 24.2 Å². The summed E-state index contributed by atoms with van der Waals surface area (Å²) < 4.78 is 21.3. The fourth-order valence-electron chi connectivity index (χ4n) is 4.94. The Bertz CT molecular complexity index is 1370. The zero-order chi connectivity index (χ0) is 30.8. The molecule has 0 spiro atoms. The predicted molar refractivity (Wildman–Crippen MR) is 167 cm³/mol. The number of hydrogen-bond acceptors (Lipinski definition) is 8. The van der Waals surface area contributed by atoms with Crippen LogP contribution in [0.1, 0.15) is 38.6 Å². The van der Waals surface area contributed by atoms with E-state index in [1.807, 2.05) is 45.3 Å². The molecule has 12 heteroatoms. The highest BCUT2D eigenvalue weighted by Crippen LogP contribution is 2.33. The van der Waals surface area contributed by atoms with E-state index in [2.05, 4.69) is 41.8 Å². The molecule has 4 heterocycles. The molecular formula is C30H47N7O4Si. The van der Waals surface area contributed by atoms with Crippen LogP contribution in [0.3, 0.4) is 0 Å². The third-order valence-corrected chi connectivity index (χ3v) is 9.07. The molecule has 230 valence electrons. The summed E-state index contributed by atoms with van der Waals surface area (Å²) in [5.41, 5.74) is 2.95. The molecule has 0 unspecified atom stereocenters. The van der Waals surface area contributed by atoms with Crippen molar-refractivity contribution in [3.05, 3.63) is 35.8 Å². The summed E-state index contributed by atoms with van der Waals surface area (Å²) >= 11 is 0. The van der Waals surface area contributed by atoms with Gasteiger partial charge in [0.05, 0.1) is 25.0 Å². The fourth-order valence-corrected chi connectivity index (χ4v) is 5.70. The standard InChI is InChI=1S/C30H47N7O4Si/c1-21-11-12-22(2)37(21)28-32-24(27-25(39-7)18-31-36(27)20-40-15-16-42(8,9)10)17-26(33-28)35-14-13-23(19-35)34(6)29(38)41-30(3,4)5/h11-12,17-18,23H,13-16,19-20H2,1-10H3/t23-/m1/s1. The Hall–Kier alpha value is -3.38. The van der Waals surface area contributed by atoms with Crippen LogP contribution >= 0.6 is 0 Å². The van der Waals surface area contributed by atoms with Crippen molar-refractivity contribution < 1.29 is 19.0 Å². The first-order valence-corrected chi connectivity index (χ1v) is 18.3. The molecule has 1 amide bonds. The Kier molecular flexibility index (Phi) is 9.36. The summed E-state index contributed by atoms with van der Waals surface area (Å²) in [4.78, 5) is 26.7. The minimum absolute atomic E-state index is 0.00315. The molecule has 0 bridgehead atoms. The summed E-state index contributed by atoms with van der Waals surface area (Å²) in [5, 5.41) is 4.57. The highest BCUT2D eigenvalue weighted by Gasteiger charge is 2.32. The Balaban J connectivity index is 1.69. The van der Waals surface area contributed by atoms with E-state index in [9.17, 15) is 4.79 Å². The topological polar surface area (TPSA) is 99.8 Å². The normalized spacial score (nSPS) is 15.8. The van der Waals surface area contributed by atoms with Crippen LogP contribution in [-0.4, -0.2) is 88.9 Å². The number of anilines is 1. The Morgan fingerprint density at radius 3 is 2.45 bits per heavy atom. The average Bonchev–Trinajstić information content (AvgIpc) is 3.63. The van der Waals surface area contributed by atoms with Gasteiger partial charge in [-0.2, -0.15) is 10.1 Å². The predicted octanol–water partition coefficient (Wildman–Crippen LogP) is 5.51. The summed E-state index contributed by atoms with van der Waals surface area (Å²) in [7, 11) is 2.22. The molecule has 0 radical (unpaired) electrons. The molecule has 0 aromatic carbocycles. The second kappa shape index (κ2) is 12.5. The third kappa shape index (κ3) is 7.52. The van der Waals surface area contributed by atoms with Gasteiger partial charge in [0.1, 0.15) is 23.8 Å². The number of aryl methyl sites for hydroxylation is 2.